The minimum Gasteiger partial charge on any atom is -0.545 e. The van der Waals surface area contributed by atoms with Crippen molar-refractivity contribution in [3.63, 3.8) is 0 Å². The Morgan fingerprint density at radius 2 is 1.98 bits per heavy atom. The van der Waals surface area contributed by atoms with Crippen molar-refractivity contribution in [2.75, 3.05) is 31.7 Å². The van der Waals surface area contributed by atoms with Gasteiger partial charge in [0, 0.05) is 49.4 Å². The zero-order valence-corrected chi connectivity index (χ0v) is 23.7. The second-order valence-corrected chi connectivity index (χ2v) is 10.9. The molecule has 2 fully saturated rings. The predicted molar refractivity (Wildman–Crippen MR) is 151 cm³/mol. The van der Waals surface area contributed by atoms with Crippen LogP contribution in [0.2, 0.25) is 5.02 Å². The highest BCUT2D eigenvalue weighted by atomic mass is 35.5. The number of anilines is 1. The number of fused-ring (bicyclic) bond motifs is 1. The molecule has 3 heterocycles. The highest BCUT2D eigenvalue weighted by Crippen LogP contribution is 2.65. The number of halogens is 2. The van der Waals surface area contributed by atoms with Crippen LogP contribution < -0.4 is 20.9 Å². The standard InChI is InChI=1S/C29H29ClFN5O4.H3N/c1-39-13-12-36-24-14-18(27(37)38)3-5-23(24)33-26(36)21-16-29(21)7-10-35(11-8-29)25-6-9-32-28(34-25)40-17-19-2-4-20(30)15-22(19)31;/h2-6,9,14-15,21H,7-8,10-13,16-17H2,1H3,(H,37,38);1H3. The summed E-state index contributed by atoms with van der Waals surface area (Å²) in [5.41, 5.74) is 2.24. The molecule has 1 atom stereocenters. The Balaban J connectivity index is 0.00000337. The second-order valence-electron chi connectivity index (χ2n) is 10.4. The van der Waals surface area contributed by atoms with Crippen LogP contribution >= 0.6 is 11.6 Å². The number of aromatic nitrogens is 4. The number of hydrogen-bond acceptors (Lipinski definition) is 8. The summed E-state index contributed by atoms with van der Waals surface area (Å²) >= 11 is 5.83. The van der Waals surface area contributed by atoms with Crippen LogP contribution in [0.5, 0.6) is 6.01 Å². The summed E-state index contributed by atoms with van der Waals surface area (Å²) in [6.07, 6.45) is 4.64. The fourth-order valence-corrected chi connectivity index (χ4v) is 5.92. The van der Waals surface area contributed by atoms with Crippen molar-refractivity contribution in [2.45, 2.75) is 38.3 Å². The van der Waals surface area contributed by atoms with E-state index in [4.69, 9.17) is 26.1 Å². The van der Waals surface area contributed by atoms with Crippen LogP contribution in [0.4, 0.5) is 10.2 Å². The smallest absolute Gasteiger partial charge is 0.318 e. The third kappa shape index (κ3) is 5.70. The number of benzene rings is 2. The number of quaternary nitrogens is 1. The van der Waals surface area contributed by atoms with Crippen LogP contribution in [0.15, 0.2) is 48.7 Å². The maximum atomic E-state index is 14.1. The van der Waals surface area contributed by atoms with Gasteiger partial charge in [0.2, 0.25) is 0 Å². The van der Waals surface area contributed by atoms with Gasteiger partial charge in [-0.1, -0.05) is 23.7 Å². The topological polar surface area (TPSA) is 142 Å². The molecule has 4 aromatic rings. The molecule has 2 aromatic heterocycles. The molecule has 0 radical (unpaired) electrons. The third-order valence-corrected chi connectivity index (χ3v) is 8.34. The molecule has 10 nitrogen and oxygen atoms in total. The number of piperidine rings is 1. The van der Waals surface area contributed by atoms with Gasteiger partial charge in [-0.05, 0) is 60.6 Å². The summed E-state index contributed by atoms with van der Waals surface area (Å²) in [7, 11) is 1.65. The summed E-state index contributed by atoms with van der Waals surface area (Å²) < 4.78 is 27.2. The van der Waals surface area contributed by atoms with Crippen molar-refractivity contribution in [2.24, 2.45) is 5.41 Å². The molecule has 41 heavy (non-hydrogen) atoms. The molecule has 1 unspecified atom stereocenters. The van der Waals surface area contributed by atoms with Crippen LogP contribution in [0.25, 0.3) is 11.0 Å². The first kappa shape index (κ1) is 28.7. The van der Waals surface area contributed by atoms with Crippen molar-refractivity contribution in [3.05, 3.63) is 76.5 Å². The molecule has 0 amide bonds. The number of ether oxygens (including phenoxy) is 2. The Bertz CT molecular complexity index is 1570. The lowest BCUT2D eigenvalue weighted by molar-refractivity contribution is -0.255. The molecule has 1 spiro atoms. The average molecular weight is 583 g/mol. The molecule has 216 valence electrons. The largest absolute Gasteiger partial charge is 0.545 e. The fraction of sp³-hybridized carbons (Fsp3) is 0.379. The number of carbonyl (C=O) groups is 1. The van der Waals surface area contributed by atoms with Gasteiger partial charge in [0.25, 0.3) is 0 Å². The van der Waals surface area contributed by atoms with Gasteiger partial charge in [-0.3, -0.25) is 0 Å². The summed E-state index contributed by atoms with van der Waals surface area (Å²) in [6, 6.07) is 11.4. The fourth-order valence-electron chi connectivity index (χ4n) is 5.76. The lowest BCUT2D eigenvalue weighted by Crippen LogP contribution is -2.35. The van der Waals surface area contributed by atoms with Crippen molar-refractivity contribution in [1.29, 1.82) is 0 Å². The molecule has 12 heteroatoms. The molecule has 1 saturated carbocycles. The first-order chi connectivity index (χ1) is 19.4. The molecule has 2 aliphatic rings. The number of imidazole rings is 1. The number of carbonyl (C=O) groups excluding carboxylic acids is 1. The van der Waals surface area contributed by atoms with Gasteiger partial charge >= 0.3 is 6.01 Å². The summed E-state index contributed by atoms with van der Waals surface area (Å²) in [5.74, 6) is 0.426. The quantitative estimate of drug-likeness (QED) is 0.307. The van der Waals surface area contributed by atoms with E-state index in [0.717, 1.165) is 55.0 Å². The van der Waals surface area contributed by atoms with Gasteiger partial charge in [-0.15, -0.1) is 0 Å². The normalized spacial score (nSPS) is 17.4. The summed E-state index contributed by atoms with van der Waals surface area (Å²) in [4.78, 5) is 27.4. The lowest BCUT2D eigenvalue weighted by atomic mass is 9.90. The van der Waals surface area contributed by atoms with Gasteiger partial charge in [0.15, 0.2) is 0 Å². The monoisotopic (exact) mass is 582 g/mol. The van der Waals surface area contributed by atoms with Crippen LogP contribution in [0.1, 0.15) is 46.9 Å². The van der Waals surface area contributed by atoms with Crippen molar-refractivity contribution < 1.29 is 23.8 Å². The van der Waals surface area contributed by atoms with Gasteiger partial charge in [-0.25, -0.2) is 14.4 Å². The van der Waals surface area contributed by atoms with E-state index in [-0.39, 0.29) is 29.7 Å². The molecule has 6 rings (SSSR count). The van der Waals surface area contributed by atoms with Crippen LogP contribution in [-0.4, -0.2) is 52.3 Å². The predicted octanol–water partition coefficient (Wildman–Crippen LogP) is 4.36. The van der Waals surface area contributed by atoms with Crippen LogP contribution in [0.3, 0.4) is 0 Å². The zero-order valence-electron chi connectivity index (χ0n) is 23.0. The van der Waals surface area contributed by atoms with Gasteiger partial charge in [0.1, 0.15) is 24.1 Å². The summed E-state index contributed by atoms with van der Waals surface area (Å²) in [5, 5.41) is 11.8. The molecule has 1 aliphatic carbocycles. The maximum absolute atomic E-state index is 14.1. The molecular weight excluding hydrogens is 551 g/mol. The van der Waals surface area contributed by atoms with Crippen molar-refractivity contribution >= 4 is 34.4 Å². The number of hydrogen-bond donors (Lipinski definition) is 1. The summed E-state index contributed by atoms with van der Waals surface area (Å²) in [6.45, 7) is 2.76. The molecule has 1 saturated heterocycles. The maximum Gasteiger partial charge on any atom is 0.318 e. The molecule has 4 N–H and O–H groups in total. The number of nitrogens with zero attached hydrogens (tertiary/aromatic N) is 5. The number of rotatable bonds is 9. The van der Waals surface area contributed by atoms with E-state index in [1.165, 1.54) is 6.07 Å². The van der Waals surface area contributed by atoms with Crippen molar-refractivity contribution in [1.82, 2.24) is 25.7 Å². The first-order valence-electron chi connectivity index (χ1n) is 13.2. The van der Waals surface area contributed by atoms with E-state index in [9.17, 15) is 14.3 Å². The van der Waals surface area contributed by atoms with E-state index in [2.05, 4.69) is 19.4 Å². The SMILES string of the molecule is COCCn1c(C2CC23CCN(c2ccnc(OCc4ccc(Cl)cc4F)n2)CC3)nc2ccc(C(=O)[O-])cc21.[NH4+]. The number of carboxylic acids is 1. The average Bonchev–Trinajstić information content (AvgIpc) is 3.52. The Hall–Kier alpha value is -3.80. The molecule has 2 aromatic carbocycles. The van der Waals surface area contributed by atoms with E-state index in [1.54, 1.807) is 43.6 Å². The highest BCUT2D eigenvalue weighted by Gasteiger charge is 2.57. The Morgan fingerprint density at radius 1 is 1.17 bits per heavy atom. The Labute approximate surface area is 241 Å². The minimum absolute atomic E-state index is 0. The molecule has 1 aliphatic heterocycles. The number of aromatic carboxylic acids is 1. The number of methoxy groups -OCH3 is 1. The van der Waals surface area contributed by atoms with Crippen LogP contribution in [0, 0.1) is 11.2 Å². The van der Waals surface area contributed by atoms with E-state index < -0.39 is 11.8 Å². The highest BCUT2D eigenvalue weighted by molar-refractivity contribution is 6.30. The zero-order chi connectivity index (χ0) is 27.9. The van der Waals surface area contributed by atoms with E-state index >= 15 is 0 Å². The molecular formula is C29H32ClFN6O4. The van der Waals surface area contributed by atoms with Gasteiger partial charge < -0.3 is 35.0 Å². The van der Waals surface area contributed by atoms with E-state index in [0.29, 0.717) is 29.7 Å². The Morgan fingerprint density at radius 3 is 2.71 bits per heavy atom. The van der Waals surface area contributed by atoms with E-state index in [1.807, 2.05) is 6.07 Å². The minimum atomic E-state index is -1.20. The van der Waals surface area contributed by atoms with Gasteiger partial charge in [0.05, 0.1) is 23.6 Å². The van der Waals surface area contributed by atoms with Gasteiger partial charge in [-0.2, -0.15) is 4.98 Å². The molecule has 0 bridgehead atoms. The third-order valence-electron chi connectivity index (χ3n) is 8.11. The number of carboxylic acid groups (broad SMARTS) is 1. The van der Waals surface area contributed by atoms with Crippen LogP contribution in [-0.2, 0) is 17.9 Å². The Kier molecular flexibility index (Phi) is 8.12. The van der Waals surface area contributed by atoms with Crippen molar-refractivity contribution in [3.8, 4) is 6.01 Å². The first-order valence-corrected chi connectivity index (χ1v) is 13.6. The second kappa shape index (κ2) is 11.6. The lowest BCUT2D eigenvalue weighted by Gasteiger charge is -2.33.